The minimum Gasteiger partial charge on any atom is -0.484 e. The van der Waals surface area contributed by atoms with Crippen LogP contribution in [0.3, 0.4) is 0 Å². The maximum Gasteiger partial charge on any atom is 0.420 e. The molecule has 0 radical (unpaired) electrons. The summed E-state index contributed by atoms with van der Waals surface area (Å²) in [4.78, 5) is 79.6. The van der Waals surface area contributed by atoms with Crippen molar-refractivity contribution in [3.05, 3.63) is 64.6 Å². The molecule has 4 rings (SSSR count). The zero-order valence-corrected chi connectivity index (χ0v) is 29.3. The molecule has 3 atom stereocenters. The van der Waals surface area contributed by atoms with Gasteiger partial charge in [-0.3, -0.25) is 28.5 Å². The molecule has 1 aliphatic heterocycles. The number of ether oxygens (including phenoxy) is 1. The molecular formula is C36H48N6O9. The van der Waals surface area contributed by atoms with Crippen LogP contribution in [0.5, 0.6) is 5.75 Å². The number of carbonyl (C=O) groups is 5. The average Bonchev–Trinajstić information content (AvgIpc) is 3.39. The number of amides is 5. The third-order valence-corrected chi connectivity index (χ3v) is 8.36. The maximum atomic E-state index is 13.5. The summed E-state index contributed by atoms with van der Waals surface area (Å²) in [6, 6.07) is 11.3. The quantitative estimate of drug-likeness (QED) is 0.255. The van der Waals surface area contributed by atoms with Crippen LogP contribution in [0.25, 0.3) is 11.1 Å². The number of aliphatic hydroxyl groups excluding tert-OH is 1. The molecule has 1 aliphatic rings. The molecule has 2 heterocycles. The number of rotatable bonds is 5. The highest BCUT2D eigenvalue weighted by Crippen LogP contribution is 2.15. The van der Waals surface area contributed by atoms with Crippen molar-refractivity contribution in [2.24, 2.45) is 5.92 Å². The SMILES string of the molecule is CC(C)C[C@H]1NC(=O)Cc2cccc(c2)OCC(=O)NCCCN(C(=O)Cn2c(=O)oc3ccccc32)CCCCNC(=O)[C@H]([C@@H](C)O)NC1=O. The van der Waals surface area contributed by atoms with Crippen LogP contribution in [0, 0.1) is 5.92 Å². The molecule has 276 valence electrons. The van der Waals surface area contributed by atoms with Crippen LogP contribution in [0.1, 0.15) is 52.0 Å². The Hall–Kier alpha value is -5.18. The third kappa shape index (κ3) is 11.7. The van der Waals surface area contributed by atoms with Gasteiger partial charge in [-0.2, -0.15) is 0 Å². The lowest BCUT2D eigenvalue weighted by molar-refractivity contribution is -0.134. The van der Waals surface area contributed by atoms with E-state index in [0.29, 0.717) is 54.6 Å². The van der Waals surface area contributed by atoms with Crippen molar-refractivity contribution in [3.8, 4) is 5.75 Å². The second-order valence-corrected chi connectivity index (χ2v) is 13.1. The normalized spacial score (nSPS) is 20.0. The van der Waals surface area contributed by atoms with Crippen molar-refractivity contribution in [1.29, 1.82) is 0 Å². The topological polar surface area (TPSA) is 201 Å². The zero-order valence-electron chi connectivity index (χ0n) is 29.3. The summed E-state index contributed by atoms with van der Waals surface area (Å²) >= 11 is 0. The molecule has 0 fully saturated rings. The highest BCUT2D eigenvalue weighted by Gasteiger charge is 2.30. The molecular weight excluding hydrogens is 660 g/mol. The van der Waals surface area contributed by atoms with Gasteiger partial charge in [0.15, 0.2) is 12.2 Å². The first-order chi connectivity index (χ1) is 24.4. The number of nitrogens with zero attached hydrogens (tertiary/aromatic N) is 2. The number of para-hydroxylation sites is 2. The molecule has 5 N–H and O–H groups in total. The van der Waals surface area contributed by atoms with Gasteiger partial charge in [0, 0.05) is 26.2 Å². The predicted molar refractivity (Wildman–Crippen MR) is 188 cm³/mol. The van der Waals surface area contributed by atoms with Crippen molar-refractivity contribution in [3.63, 3.8) is 0 Å². The van der Waals surface area contributed by atoms with Crippen LogP contribution in [0.15, 0.2) is 57.7 Å². The van der Waals surface area contributed by atoms with E-state index in [1.54, 1.807) is 53.4 Å². The fraction of sp³-hybridized carbons (Fsp3) is 0.500. The number of hydrogen-bond acceptors (Lipinski definition) is 9. The number of aliphatic hydroxyl groups is 1. The summed E-state index contributed by atoms with van der Waals surface area (Å²) in [5.41, 5.74) is 1.47. The molecule has 15 heteroatoms. The number of nitrogens with one attached hydrogen (secondary N) is 4. The van der Waals surface area contributed by atoms with Crippen LogP contribution in [-0.2, 0) is 36.9 Å². The van der Waals surface area contributed by atoms with E-state index < -0.39 is 41.7 Å². The molecule has 2 aromatic carbocycles. The molecule has 5 amide bonds. The smallest absolute Gasteiger partial charge is 0.420 e. The van der Waals surface area contributed by atoms with Crippen molar-refractivity contribution < 1.29 is 38.2 Å². The fourth-order valence-corrected chi connectivity index (χ4v) is 5.74. The van der Waals surface area contributed by atoms with Gasteiger partial charge in [0.1, 0.15) is 24.4 Å². The molecule has 3 aromatic rings. The van der Waals surface area contributed by atoms with Gasteiger partial charge in [-0.15, -0.1) is 0 Å². The van der Waals surface area contributed by atoms with Gasteiger partial charge in [0.25, 0.3) is 5.91 Å². The number of oxazole rings is 1. The van der Waals surface area contributed by atoms with E-state index >= 15 is 0 Å². The first kappa shape index (κ1) is 38.6. The van der Waals surface area contributed by atoms with E-state index in [1.807, 2.05) is 13.8 Å². The second kappa shape index (κ2) is 18.7. The largest absolute Gasteiger partial charge is 0.484 e. The predicted octanol–water partition coefficient (Wildman–Crippen LogP) is 0.857. The molecule has 0 saturated carbocycles. The van der Waals surface area contributed by atoms with Crippen molar-refractivity contribution >= 4 is 40.6 Å². The lowest BCUT2D eigenvalue weighted by atomic mass is 10.0. The third-order valence-electron chi connectivity index (χ3n) is 8.36. The van der Waals surface area contributed by atoms with Crippen molar-refractivity contribution in [2.45, 2.75) is 77.6 Å². The van der Waals surface area contributed by atoms with Gasteiger partial charge in [0.05, 0.1) is 18.0 Å². The Morgan fingerprint density at radius 2 is 1.63 bits per heavy atom. The number of aromatic nitrogens is 1. The molecule has 0 unspecified atom stereocenters. The average molecular weight is 709 g/mol. The Balaban J connectivity index is 1.49. The summed E-state index contributed by atoms with van der Waals surface area (Å²) in [5.74, 6) is -2.53. The summed E-state index contributed by atoms with van der Waals surface area (Å²) in [6.45, 7) is 5.75. The van der Waals surface area contributed by atoms with Gasteiger partial charge in [-0.05, 0) is 68.4 Å². The molecule has 51 heavy (non-hydrogen) atoms. The highest BCUT2D eigenvalue weighted by atomic mass is 16.5. The standard InChI is InChI=1S/C36H48N6O9/c1-23(2)18-27-34(47)40-33(24(3)43)35(48)38-14-6-7-16-41(32(46)21-42-28-12-4-5-13-29(28)51-36(42)49)17-9-15-37-31(45)22-50-26-11-8-10-25(19-26)20-30(44)39-27/h4-5,8,10-13,19,23-24,27,33,43H,6-7,9,14-18,20-22H2,1-3H3,(H,37,45)(H,38,48)(H,39,44)(H,40,47)/t24-,27-,33+/m1/s1. The first-order valence-electron chi connectivity index (χ1n) is 17.3. The van der Waals surface area contributed by atoms with Gasteiger partial charge < -0.3 is 40.4 Å². The number of benzene rings is 2. The van der Waals surface area contributed by atoms with Gasteiger partial charge in [-0.1, -0.05) is 38.1 Å². The van der Waals surface area contributed by atoms with E-state index in [0.717, 1.165) is 0 Å². The van der Waals surface area contributed by atoms with E-state index in [4.69, 9.17) is 9.15 Å². The van der Waals surface area contributed by atoms with Crippen LogP contribution in [0.4, 0.5) is 0 Å². The summed E-state index contributed by atoms with van der Waals surface area (Å²) in [5, 5.41) is 21.3. The summed E-state index contributed by atoms with van der Waals surface area (Å²) in [7, 11) is 0. The molecule has 2 bridgehead atoms. The second-order valence-electron chi connectivity index (χ2n) is 13.1. The minimum absolute atomic E-state index is 0.0287. The Labute approximate surface area is 296 Å². The van der Waals surface area contributed by atoms with Gasteiger partial charge >= 0.3 is 5.76 Å². The number of carbonyl (C=O) groups excluding carboxylic acids is 5. The molecule has 0 spiro atoms. The molecule has 0 aliphatic carbocycles. The Bertz CT molecular complexity index is 1730. The number of fused-ring (bicyclic) bond motifs is 3. The van der Waals surface area contributed by atoms with Gasteiger partial charge in [0.2, 0.25) is 23.6 Å². The molecule has 1 aromatic heterocycles. The number of hydrogen-bond donors (Lipinski definition) is 5. The van der Waals surface area contributed by atoms with Crippen LogP contribution < -0.4 is 31.8 Å². The maximum absolute atomic E-state index is 13.5. The monoisotopic (exact) mass is 708 g/mol. The first-order valence-corrected chi connectivity index (χ1v) is 17.3. The lowest BCUT2D eigenvalue weighted by Crippen LogP contribution is -2.57. The Kier molecular flexibility index (Phi) is 14.2. The summed E-state index contributed by atoms with van der Waals surface area (Å²) in [6.07, 6.45) is 0.386. The van der Waals surface area contributed by atoms with E-state index in [2.05, 4.69) is 21.3 Å². The van der Waals surface area contributed by atoms with E-state index in [9.17, 15) is 33.9 Å². The Morgan fingerprint density at radius 3 is 2.39 bits per heavy atom. The van der Waals surface area contributed by atoms with E-state index in [-0.39, 0.29) is 56.9 Å². The fourth-order valence-electron chi connectivity index (χ4n) is 5.74. The van der Waals surface area contributed by atoms with Gasteiger partial charge in [-0.25, -0.2) is 4.79 Å². The zero-order chi connectivity index (χ0) is 36.9. The van der Waals surface area contributed by atoms with Crippen LogP contribution in [-0.4, -0.2) is 95.1 Å². The van der Waals surface area contributed by atoms with Crippen LogP contribution >= 0.6 is 0 Å². The molecule has 0 saturated heterocycles. The highest BCUT2D eigenvalue weighted by molar-refractivity contribution is 5.92. The minimum atomic E-state index is -1.26. The lowest BCUT2D eigenvalue weighted by Gasteiger charge is -2.26. The van der Waals surface area contributed by atoms with Crippen molar-refractivity contribution in [1.82, 2.24) is 30.7 Å². The van der Waals surface area contributed by atoms with E-state index in [1.165, 1.54) is 11.5 Å². The molecule has 15 nitrogen and oxygen atoms in total. The summed E-state index contributed by atoms with van der Waals surface area (Å²) < 4.78 is 12.2. The van der Waals surface area contributed by atoms with Crippen LogP contribution in [0.2, 0.25) is 0 Å². The van der Waals surface area contributed by atoms with Crippen molar-refractivity contribution in [2.75, 3.05) is 32.8 Å². The Morgan fingerprint density at radius 1 is 0.882 bits per heavy atom.